The average Bonchev–Trinajstić information content (AvgIpc) is 2.27. The summed E-state index contributed by atoms with van der Waals surface area (Å²) in [6, 6.07) is 8.42. The Morgan fingerprint density at radius 3 is 2.10 bits per heavy atom. The van der Waals surface area contributed by atoms with Gasteiger partial charge in [-0.25, -0.2) is 0 Å². The van der Waals surface area contributed by atoms with Crippen molar-refractivity contribution in [2.45, 2.75) is 13.7 Å². The van der Waals surface area contributed by atoms with Gasteiger partial charge in [0, 0.05) is 9.79 Å². The van der Waals surface area contributed by atoms with Gasteiger partial charge in [0.25, 0.3) is 0 Å². The quantitative estimate of drug-likeness (QED) is 0.618. The summed E-state index contributed by atoms with van der Waals surface area (Å²) in [5.41, 5.74) is 0. The Bertz CT molecular complexity index is 221. The first kappa shape index (κ1) is 6.95. The van der Waals surface area contributed by atoms with Crippen molar-refractivity contribution in [3.05, 3.63) is 24.3 Å². The third kappa shape index (κ3) is 1.18. The zero-order valence-electron chi connectivity index (χ0n) is 5.15. The molecule has 1 aromatic rings. The molecule has 0 amide bonds. The van der Waals surface area contributed by atoms with E-state index in [0.717, 1.165) is 0 Å². The van der Waals surface area contributed by atoms with E-state index in [2.05, 4.69) is 36.9 Å². The lowest BCUT2D eigenvalue weighted by Gasteiger charge is -1.91. The zero-order valence-corrected chi connectivity index (χ0v) is 7.68. The van der Waals surface area contributed by atoms with Gasteiger partial charge < -0.3 is 0 Å². The molecule has 1 heterocycles. The van der Waals surface area contributed by atoms with E-state index in [9.17, 15) is 0 Å². The number of thioether (sulfide) groups is 2. The number of hydrogen-bond acceptors (Lipinski definition) is 3. The summed E-state index contributed by atoms with van der Waals surface area (Å²) in [6.45, 7) is 0. The minimum atomic E-state index is 0.400. The zero-order chi connectivity index (χ0) is 6.97. The van der Waals surface area contributed by atoms with Crippen LogP contribution in [0.3, 0.4) is 0 Å². The van der Waals surface area contributed by atoms with Crippen molar-refractivity contribution in [1.82, 2.24) is 0 Å². The fourth-order valence-corrected chi connectivity index (χ4v) is 3.79. The highest BCUT2D eigenvalue weighted by Gasteiger charge is 2.18. The van der Waals surface area contributed by atoms with Crippen molar-refractivity contribution in [3.8, 4) is 0 Å². The molecule has 3 heteroatoms. The maximum atomic E-state index is 4.36. The molecule has 0 radical (unpaired) electrons. The Morgan fingerprint density at radius 1 is 1.10 bits per heavy atom. The molecule has 0 saturated carbocycles. The van der Waals surface area contributed by atoms with Crippen LogP contribution in [0.1, 0.15) is 0 Å². The molecule has 0 unspecified atom stereocenters. The first-order valence-electron chi connectivity index (χ1n) is 2.97. The Morgan fingerprint density at radius 2 is 1.60 bits per heavy atom. The van der Waals surface area contributed by atoms with Crippen molar-refractivity contribution >= 4 is 36.2 Å². The lowest BCUT2D eigenvalue weighted by molar-refractivity contribution is 1.27. The molecule has 0 bridgehead atoms. The fourth-order valence-electron chi connectivity index (χ4n) is 0.886. The molecule has 1 aliphatic heterocycles. The van der Waals surface area contributed by atoms with Crippen molar-refractivity contribution in [3.63, 3.8) is 0 Å². The molecule has 0 spiro atoms. The van der Waals surface area contributed by atoms with Crippen LogP contribution in [-0.2, 0) is 0 Å². The fraction of sp³-hybridized carbons (Fsp3) is 0.143. The van der Waals surface area contributed by atoms with Gasteiger partial charge in [0.15, 0.2) is 0 Å². The van der Waals surface area contributed by atoms with E-state index in [1.807, 2.05) is 23.5 Å². The number of rotatable bonds is 0. The molecule has 2 rings (SSSR count). The number of hydrogen-bond donors (Lipinski definition) is 1. The summed E-state index contributed by atoms with van der Waals surface area (Å²) in [5, 5.41) is 0. The van der Waals surface area contributed by atoms with Crippen LogP contribution in [-0.4, -0.2) is 3.91 Å². The van der Waals surface area contributed by atoms with Crippen LogP contribution < -0.4 is 0 Å². The van der Waals surface area contributed by atoms with Crippen LogP contribution in [0.15, 0.2) is 34.1 Å². The molecular weight excluding hydrogens is 180 g/mol. The maximum Gasteiger partial charge on any atom is 0.102 e. The molecule has 0 fully saturated rings. The summed E-state index contributed by atoms with van der Waals surface area (Å²) >= 11 is 8.00. The Hall–Kier alpha value is 0.270. The highest BCUT2D eigenvalue weighted by molar-refractivity contribution is 8.29. The van der Waals surface area contributed by atoms with Crippen molar-refractivity contribution in [1.29, 1.82) is 0 Å². The first-order valence-corrected chi connectivity index (χ1v) is 5.24. The third-order valence-electron chi connectivity index (χ3n) is 1.30. The molecule has 0 nitrogen and oxygen atoms in total. The summed E-state index contributed by atoms with van der Waals surface area (Å²) in [4.78, 5) is 2.74. The maximum absolute atomic E-state index is 4.36. The Labute approximate surface area is 74.2 Å². The highest BCUT2D eigenvalue weighted by atomic mass is 32.3. The van der Waals surface area contributed by atoms with Gasteiger partial charge in [-0.1, -0.05) is 35.7 Å². The smallest absolute Gasteiger partial charge is 0.102 e. The van der Waals surface area contributed by atoms with Gasteiger partial charge in [-0.05, 0) is 12.1 Å². The summed E-state index contributed by atoms with van der Waals surface area (Å²) in [6.07, 6.45) is 0. The first-order chi connectivity index (χ1) is 4.86. The monoisotopic (exact) mass is 186 g/mol. The molecule has 0 aromatic heterocycles. The molecule has 0 saturated heterocycles. The van der Waals surface area contributed by atoms with Gasteiger partial charge in [-0.2, -0.15) is 12.6 Å². The number of benzene rings is 1. The molecule has 0 N–H and O–H groups in total. The van der Waals surface area contributed by atoms with Gasteiger partial charge in [0.1, 0.15) is 3.91 Å². The molecule has 0 atom stereocenters. The van der Waals surface area contributed by atoms with E-state index in [1.54, 1.807) is 0 Å². The molecule has 52 valence electrons. The second-order valence-electron chi connectivity index (χ2n) is 1.99. The standard InChI is InChI=1S/C7H6S3/c8-7-9-5-3-1-2-4-6(5)10-7/h1-4,7-8H. The SMILES string of the molecule is SC1Sc2ccccc2S1. The minimum Gasteiger partial charge on any atom is -0.153 e. The second kappa shape index (κ2) is 2.72. The van der Waals surface area contributed by atoms with Gasteiger partial charge in [-0.15, -0.1) is 0 Å². The van der Waals surface area contributed by atoms with E-state index in [0.29, 0.717) is 3.91 Å². The number of fused-ring (bicyclic) bond motifs is 1. The third-order valence-corrected chi connectivity index (χ3v) is 4.27. The second-order valence-corrected chi connectivity index (χ2v) is 5.80. The Kier molecular flexibility index (Phi) is 1.89. The van der Waals surface area contributed by atoms with Gasteiger partial charge in [-0.3, -0.25) is 0 Å². The lowest BCUT2D eigenvalue weighted by Crippen LogP contribution is -1.69. The van der Waals surface area contributed by atoms with Crippen LogP contribution >= 0.6 is 36.2 Å². The topological polar surface area (TPSA) is 0 Å². The van der Waals surface area contributed by atoms with Crippen LogP contribution in [0.4, 0.5) is 0 Å². The van der Waals surface area contributed by atoms with E-state index in [-0.39, 0.29) is 0 Å². The number of thiol groups is 1. The molecule has 1 aliphatic rings. The van der Waals surface area contributed by atoms with Crippen molar-refractivity contribution < 1.29 is 0 Å². The average molecular weight is 186 g/mol. The molecule has 0 aliphatic carbocycles. The van der Waals surface area contributed by atoms with Gasteiger partial charge in [0.2, 0.25) is 0 Å². The van der Waals surface area contributed by atoms with Crippen molar-refractivity contribution in [2.24, 2.45) is 0 Å². The van der Waals surface area contributed by atoms with Crippen LogP contribution in [0.2, 0.25) is 0 Å². The molecule has 10 heavy (non-hydrogen) atoms. The van der Waals surface area contributed by atoms with Crippen molar-refractivity contribution in [2.75, 3.05) is 0 Å². The molecular formula is C7H6S3. The summed E-state index contributed by atoms with van der Waals surface area (Å²) < 4.78 is 0.400. The van der Waals surface area contributed by atoms with E-state index < -0.39 is 0 Å². The summed E-state index contributed by atoms with van der Waals surface area (Å²) in [7, 11) is 0. The van der Waals surface area contributed by atoms with Crippen LogP contribution in [0.25, 0.3) is 0 Å². The Balaban J connectivity index is 2.42. The minimum absolute atomic E-state index is 0.400. The normalized spacial score (nSPS) is 17.3. The predicted molar refractivity (Wildman–Crippen MR) is 50.9 cm³/mol. The largest absolute Gasteiger partial charge is 0.153 e. The highest BCUT2D eigenvalue weighted by Crippen LogP contribution is 2.48. The summed E-state index contributed by atoms with van der Waals surface area (Å²) in [5.74, 6) is 0. The van der Waals surface area contributed by atoms with Crippen LogP contribution in [0.5, 0.6) is 0 Å². The lowest BCUT2D eigenvalue weighted by atomic mass is 10.4. The molecule has 1 aromatic carbocycles. The van der Waals surface area contributed by atoms with E-state index in [1.165, 1.54) is 9.79 Å². The van der Waals surface area contributed by atoms with Gasteiger partial charge >= 0.3 is 0 Å². The van der Waals surface area contributed by atoms with E-state index >= 15 is 0 Å². The van der Waals surface area contributed by atoms with E-state index in [4.69, 9.17) is 0 Å². The van der Waals surface area contributed by atoms with Gasteiger partial charge in [0.05, 0.1) is 0 Å². The van der Waals surface area contributed by atoms with Crippen LogP contribution in [0, 0.1) is 0 Å². The predicted octanol–water partition coefficient (Wildman–Crippen LogP) is 3.10.